The maximum absolute atomic E-state index is 13.7. The second-order valence-electron chi connectivity index (χ2n) is 9.39. The van der Waals surface area contributed by atoms with Gasteiger partial charge in [0.1, 0.15) is 18.1 Å². The van der Waals surface area contributed by atoms with Gasteiger partial charge in [-0.05, 0) is 23.6 Å². The monoisotopic (exact) mass is 490 g/mol. The van der Waals surface area contributed by atoms with Crippen LogP contribution in [0.25, 0.3) is 22.8 Å². The van der Waals surface area contributed by atoms with Crippen LogP contribution in [-0.2, 0) is 19.5 Å². The number of rotatable bonds is 6. The van der Waals surface area contributed by atoms with Crippen LogP contribution >= 0.6 is 0 Å². The van der Waals surface area contributed by atoms with Crippen LogP contribution in [0.2, 0.25) is 0 Å². The lowest BCUT2D eigenvalue weighted by molar-refractivity contribution is 0.0131. The smallest absolute Gasteiger partial charge is 0.288 e. The van der Waals surface area contributed by atoms with E-state index in [2.05, 4.69) is 33.7 Å². The molecule has 0 radical (unpaired) electrons. The number of benzene rings is 1. The maximum Gasteiger partial charge on any atom is 0.288 e. The van der Waals surface area contributed by atoms with Crippen LogP contribution in [0.4, 0.5) is 14.6 Å². The zero-order valence-electron chi connectivity index (χ0n) is 20.7. The molecule has 4 heterocycles. The highest BCUT2D eigenvalue weighted by atomic mass is 19.3. The summed E-state index contributed by atoms with van der Waals surface area (Å²) in [5.74, 6) is -0.221. The number of halogens is 2. The minimum Gasteiger partial charge on any atom is -0.486 e. The minimum atomic E-state index is -2.98. The van der Waals surface area contributed by atoms with Gasteiger partial charge in [0.2, 0.25) is 0 Å². The third kappa shape index (κ3) is 4.65. The van der Waals surface area contributed by atoms with E-state index in [0.29, 0.717) is 37.1 Å². The number of pyridine rings is 1. The van der Waals surface area contributed by atoms with Crippen molar-refractivity contribution in [3.8, 4) is 28.5 Å². The van der Waals surface area contributed by atoms with Crippen LogP contribution in [0.15, 0.2) is 55.0 Å². The fraction of sp³-hybridized carbons (Fsp3) is 0.333. The van der Waals surface area contributed by atoms with Crippen LogP contribution < -0.4 is 9.64 Å². The number of hydrogen-bond acceptors (Lipinski definition) is 6. The lowest BCUT2D eigenvalue weighted by Crippen LogP contribution is -2.33. The van der Waals surface area contributed by atoms with E-state index in [1.807, 2.05) is 36.4 Å². The fourth-order valence-electron chi connectivity index (χ4n) is 4.34. The third-order valence-electron chi connectivity index (χ3n) is 6.19. The lowest BCUT2D eigenvalue weighted by Gasteiger charge is -2.30. The number of alkyl halides is 2. The molecule has 1 aliphatic rings. The molecule has 0 N–H and O–H groups in total. The number of ether oxygens (including phenoxy) is 1. The number of nitrogens with zero attached hydrogens (tertiary/aromatic N) is 6. The van der Waals surface area contributed by atoms with Gasteiger partial charge in [0, 0.05) is 44.0 Å². The summed E-state index contributed by atoms with van der Waals surface area (Å²) in [5, 5.41) is 0. The Morgan fingerprint density at radius 3 is 2.56 bits per heavy atom. The molecule has 0 atom stereocenters. The standard InChI is InChI=1S/C27H28F2N6O/c1-17(2)23-20(6-5-11-30-23)24-31-14-21-26(33-24)35(12-13-36-21)15-18-7-9-19(10-8-18)25-32-22(16-34(25)4)27(3,28)29/h5-11,14,16-17H,12-13,15H2,1-4H3. The Kier molecular flexibility index (Phi) is 6.15. The number of aromatic nitrogens is 5. The van der Waals surface area contributed by atoms with Crippen LogP contribution in [0, 0.1) is 0 Å². The topological polar surface area (TPSA) is 69.0 Å². The van der Waals surface area contributed by atoms with Gasteiger partial charge in [-0.15, -0.1) is 0 Å². The third-order valence-corrected chi connectivity index (χ3v) is 6.19. The second-order valence-corrected chi connectivity index (χ2v) is 9.39. The van der Waals surface area contributed by atoms with Gasteiger partial charge >= 0.3 is 0 Å². The van der Waals surface area contributed by atoms with Crippen LogP contribution in [0.1, 0.15) is 43.6 Å². The molecule has 5 rings (SSSR count). The largest absolute Gasteiger partial charge is 0.486 e. The average molecular weight is 491 g/mol. The zero-order valence-corrected chi connectivity index (χ0v) is 20.7. The molecule has 3 aromatic heterocycles. The summed E-state index contributed by atoms with van der Waals surface area (Å²) in [4.78, 5) is 20.3. The number of fused-ring (bicyclic) bond motifs is 1. The van der Waals surface area contributed by atoms with E-state index in [0.717, 1.165) is 35.1 Å². The zero-order chi connectivity index (χ0) is 25.4. The van der Waals surface area contributed by atoms with Crippen molar-refractivity contribution in [2.24, 2.45) is 7.05 Å². The summed E-state index contributed by atoms with van der Waals surface area (Å²) in [6.45, 7) is 6.90. The number of imidazole rings is 1. The second kappa shape index (κ2) is 9.29. The molecular formula is C27H28F2N6O. The Bertz CT molecular complexity index is 1380. The molecule has 1 aromatic carbocycles. The van der Waals surface area contributed by atoms with Gasteiger partial charge < -0.3 is 14.2 Å². The first-order chi connectivity index (χ1) is 17.2. The summed E-state index contributed by atoms with van der Waals surface area (Å²) < 4.78 is 34.9. The molecular weight excluding hydrogens is 462 g/mol. The van der Waals surface area contributed by atoms with Crippen molar-refractivity contribution in [2.45, 2.75) is 39.2 Å². The molecule has 7 nitrogen and oxygen atoms in total. The molecule has 0 saturated heterocycles. The molecule has 9 heteroatoms. The maximum atomic E-state index is 13.7. The predicted octanol–water partition coefficient (Wildman–Crippen LogP) is 5.57. The lowest BCUT2D eigenvalue weighted by atomic mass is 10.0. The van der Waals surface area contributed by atoms with Crippen molar-refractivity contribution in [1.29, 1.82) is 0 Å². The molecule has 4 aromatic rings. The summed E-state index contributed by atoms with van der Waals surface area (Å²) in [5.41, 5.74) is 3.47. The van der Waals surface area contributed by atoms with E-state index in [1.54, 1.807) is 24.0 Å². The summed E-state index contributed by atoms with van der Waals surface area (Å²) in [6, 6.07) is 11.7. The summed E-state index contributed by atoms with van der Waals surface area (Å²) >= 11 is 0. The first-order valence-electron chi connectivity index (χ1n) is 11.9. The van der Waals surface area contributed by atoms with Gasteiger partial charge in [0.05, 0.1) is 18.4 Å². The number of anilines is 1. The van der Waals surface area contributed by atoms with E-state index < -0.39 is 5.92 Å². The number of aryl methyl sites for hydroxylation is 1. The molecule has 0 unspecified atom stereocenters. The number of hydrogen-bond donors (Lipinski definition) is 0. The highest BCUT2D eigenvalue weighted by Crippen LogP contribution is 2.34. The molecule has 1 aliphatic heterocycles. The molecule has 0 fully saturated rings. The van der Waals surface area contributed by atoms with Gasteiger partial charge in [0.15, 0.2) is 17.4 Å². The summed E-state index contributed by atoms with van der Waals surface area (Å²) in [7, 11) is 1.72. The van der Waals surface area contributed by atoms with Crippen molar-refractivity contribution < 1.29 is 13.5 Å². The van der Waals surface area contributed by atoms with Crippen molar-refractivity contribution >= 4 is 5.82 Å². The van der Waals surface area contributed by atoms with E-state index in [1.165, 1.54) is 6.20 Å². The Morgan fingerprint density at radius 1 is 1.08 bits per heavy atom. The normalized spacial score (nSPS) is 13.6. The molecule has 0 saturated carbocycles. The van der Waals surface area contributed by atoms with Gasteiger partial charge in [-0.1, -0.05) is 38.1 Å². The van der Waals surface area contributed by atoms with Gasteiger partial charge in [-0.3, -0.25) is 4.98 Å². The van der Waals surface area contributed by atoms with Crippen LogP contribution in [0.5, 0.6) is 5.75 Å². The highest BCUT2D eigenvalue weighted by Gasteiger charge is 2.29. The molecule has 0 spiro atoms. The quantitative estimate of drug-likeness (QED) is 0.352. The van der Waals surface area contributed by atoms with Gasteiger partial charge in [-0.25, -0.2) is 15.0 Å². The Balaban J connectivity index is 1.41. The summed E-state index contributed by atoms with van der Waals surface area (Å²) in [6.07, 6.45) is 4.89. The Morgan fingerprint density at radius 2 is 1.86 bits per heavy atom. The van der Waals surface area contributed by atoms with Crippen molar-refractivity contribution in [2.75, 3.05) is 18.1 Å². The van der Waals surface area contributed by atoms with Gasteiger partial charge in [0.25, 0.3) is 5.92 Å². The van der Waals surface area contributed by atoms with E-state index in [4.69, 9.17) is 9.72 Å². The fourth-order valence-corrected chi connectivity index (χ4v) is 4.34. The van der Waals surface area contributed by atoms with Gasteiger partial charge in [-0.2, -0.15) is 8.78 Å². The molecule has 0 bridgehead atoms. The van der Waals surface area contributed by atoms with Crippen molar-refractivity contribution in [3.63, 3.8) is 0 Å². The van der Waals surface area contributed by atoms with E-state index in [-0.39, 0.29) is 11.6 Å². The highest BCUT2D eigenvalue weighted by molar-refractivity contribution is 5.64. The first kappa shape index (κ1) is 23.8. The molecule has 0 aliphatic carbocycles. The van der Waals surface area contributed by atoms with Crippen LogP contribution in [-0.4, -0.2) is 37.7 Å². The molecule has 0 amide bonds. The Hall–Kier alpha value is -3.88. The average Bonchev–Trinajstić information content (AvgIpc) is 3.26. The predicted molar refractivity (Wildman–Crippen MR) is 134 cm³/mol. The van der Waals surface area contributed by atoms with Crippen molar-refractivity contribution in [1.82, 2.24) is 24.5 Å². The first-order valence-corrected chi connectivity index (χ1v) is 11.9. The van der Waals surface area contributed by atoms with E-state index in [9.17, 15) is 8.78 Å². The van der Waals surface area contributed by atoms with E-state index >= 15 is 0 Å². The van der Waals surface area contributed by atoms with Crippen molar-refractivity contribution in [3.05, 3.63) is 71.9 Å². The van der Waals surface area contributed by atoms with Crippen LogP contribution in [0.3, 0.4) is 0 Å². The molecule has 36 heavy (non-hydrogen) atoms. The Labute approximate surface area is 208 Å². The SMILES string of the molecule is CC(C)c1ncccc1-c1ncc2c(n1)N(Cc1ccc(-c3nc(C(C)(F)F)cn3C)cc1)CCO2. The molecule has 186 valence electrons. The minimum absolute atomic E-state index is 0.237.